The lowest BCUT2D eigenvalue weighted by Crippen LogP contribution is -2.34. The average molecular weight is 256 g/mol. The number of hydrogen-bond donors (Lipinski definition) is 2. The Morgan fingerprint density at radius 2 is 2.18 bits per heavy atom. The van der Waals surface area contributed by atoms with E-state index in [1.165, 1.54) is 18.2 Å². The molecule has 1 aromatic carbocycles. The molecule has 0 aliphatic rings. The molecule has 0 aliphatic carbocycles. The Bertz CT molecular complexity index is 393. The number of hydrogen-bond acceptors (Lipinski definition) is 2. The van der Waals surface area contributed by atoms with Crippen LogP contribution in [-0.2, 0) is 0 Å². The van der Waals surface area contributed by atoms with E-state index in [4.69, 9.17) is 11.6 Å². The number of aromatic hydroxyl groups is 1. The van der Waals surface area contributed by atoms with Gasteiger partial charge in [-0.3, -0.25) is 4.79 Å². The average Bonchev–Trinajstić information content (AvgIpc) is 2.31. The minimum Gasteiger partial charge on any atom is -0.508 e. The molecule has 0 aromatic heterocycles. The van der Waals surface area contributed by atoms with Crippen LogP contribution in [0.4, 0.5) is 0 Å². The van der Waals surface area contributed by atoms with Gasteiger partial charge in [-0.15, -0.1) is 0 Å². The second-order valence-electron chi connectivity index (χ2n) is 4.03. The molecule has 0 bridgehead atoms. The van der Waals surface area contributed by atoms with Crippen molar-refractivity contribution in [3.05, 3.63) is 28.8 Å². The molecule has 1 unspecified atom stereocenters. The summed E-state index contributed by atoms with van der Waals surface area (Å²) < 4.78 is 0. The fourth-order valence-corrected chi connectivity index (χ4v) is 1.88. The quantitative estimate of drug-likeness (QED) is 0.848. The van der Waals surface area contributed by atoms with Gasteiger partial charge in [-0.05, 0) is 31.0 Å². The molecular weight excluding hydrogens is 238 g/mol. The number of phenols is 1. The zero-order valence-electron chi connectivity index (χ0n) is 10.2. The molecule has 1 amide bonds. The lowest BCUT2D eigenvalue weighted by molar-refractivity contribution is 0.0933. The second kappa shape index (κ2) is 6.50. The molecule has 94 valence electrons. The van der Waals surface area contributed by atoms with Gasteiger partial charge in [-0.1, -0.05) is 31.9 Å². The Hall–Kier alpha value is -1.22. The van der Waals surface area contributed by atoms with Crippen molar-refractivity contribution < 1.29 is 9.90 Å². The van der Waals surface area contributed by atoms with Gasteiger partial charge in [0.15, 0.2) is 0 Å². The summed E-state index contributed by atoms with van der Waals surface area (Å²) in [5, 5.41) is 12.6. The zero-order valence-corrected chi connectivity index (χ0v) is 10.9. The van der Waals surface area contributed by atoms with Crippen molar-refractivity contribution in [2.45, 2.75) is 39.2 Å². The summed E-state index contributed by atoms with van der Waals surface area (Å²) in [7, 11) is 0. The Morgan fingerprint density at radius 1 is 1.47 bits per heavy atom. The summed E-state index contributed by atoms with van der Waals surface area (Å²) in [6.07, 6.45) is 2.85. The van der Waals surface area contributed by atoms with Gasteiger partial charge in [-0.2, -0.15) is 0 Å². The van der Waals surface area contributed by atoms with E-state index in [1.807, 2.05) is 6.92 Å². The van der Waals surface area contributed by atoms with Crippen molar-refractivity contribution in [3.63, 3.8) is 0 Å². The highest BCUT2D eigenvalue weighted by Crippen LogP contribution is 2.21. The number of benzene rings is 1. The van der Waals surface area contributed by atoms with Crippen LogP contribution in [0.3, 0.4) is 0 Å². The maximum atomic E-state index is 12.0. The number of nitrogens with one attached hydrogen (secondary N) is 1. The molecule has 0 heterocycles. The van der Waals surface area contributed by atoms with Crippen LogP contribution in [-0.4, -0.2) is 17.1 Å². The Labute approximate surface area is 107 Å². The van der Waals surface area contributed by atoms with Gasteiger partial charge in [0.1, 0.15) is 5.75 Å². The highest BCUT2D eigenvalue weighted by Gasteiger charge is 2.14. The fourth-order valence-electron chi connectivity index (χ4n) is 1.68. The predicted molar refractivity (Wildman–Crippen MR) is 69.6 cm³/mol. The molecule has 0 spiro atoms. The van der Waals surface area contributed by atoms with Crippen LogP contribution in [0.2, 0.25) is 5.02 Å². The van der Waals surface area contributed by atoms with E-state index < -0.39 is 0 Å². The van der Waals surface area contributed by atoms with Gasteiger partial charge in [-0.25, -0.2) is 0 Å². The molecule has 1 rings (SSSR count). The zero-order chi connectivity index (χ0) is 12.8. The van der Waals surface area contributed by atoms with Crippen molar-refractivity contribution in [3.8, 4) is 5.75 Å². The SMILES string of the molecule is CCCC(CC)NC(=O)c1cc(O)ccc1Cl. The Kier molecular flexibility index (Phi) is 5.29. The van der Waals surface area contributed by atoms with E-state index >= 15 is 0 Å². The molecule has 17 heavy (non-hydrogen) atoms. The monoisotopic (exact) mass is 255 g/mol. The van der Waals surface area contributed by atoms with Crippen molar-refractivity contribution in [2.75, 3.05) is 0 Å². The third-order valence-corrected chi connectivity index (χ3v) is 2.99. The highest BCUT2D eigenvalue weighted by molar-refractivity contribution is 6.33. The van der Waals surface area contributed by atoms with Crippen LogP contribution in [0, 0.1) is 0 Å². The minimum absolute atomic E-state index is 0.0445. The summed E-state index contributed by atoms with van der Waals surface area (Å²) in [4.78, 5) is 12.0. The summed E-state index contributed by atoms with van der Waals surface area (Å²) in [6.45, 7) is 4.11. The third kappa shape index (κ3) is 3.93. The van der Waals surface area contributed by atoms with Crippen LogP contribution in [0.1, 0.15) is 43.5 Å². The lowest BCUT2D eigenvalue weighted by atomic mass is 10.1. The first-order valence-corrected chi connectivity index (χ1v) is 6.25. The van der Waals surface area contributed by atoms with Crippen LogP contribution in [0.25, 0.3) is 0 Å². The van der Waals surface area contributed by atoms with Crippen LogP contribution >= 0.6 is 11.6 Å². The van der Waals surface area contributed by atoms with Gasteiger partial charge < -0.3 is 10.4 Å². The Morgan fingerprint density at radius 3 is 2.76 bits per heavy atom. The lowest BCUT2D eigenvalue weighted by Gasteiger charge is -2.16. The normalized spacial score (nSPS) is 12.2. The smallest absolute Gasteiger partial charge is 0.253 e. The summed E-state index contributed by atoms with van der Waals surface area (Å²) in [5.74, 6) is -0.186. The molecule has 1 atom stereocenters. The van der Waals surface area contributed by atoms with E-state index in [0.717, 1.165) is 19.3 Å². The first kappa shape index (κ1) is 13.8. The van der Waals surface area contributed by atoms with Gasteiger partial charge in [0.2, 0.25) is 0 Å². The van der Waals surface area contributed by atoms with Gasteiger partial charge >= 0.3 is 0 Å². The van der Waals surface area contributed by atoms with Crippen molar-refractivity contribution in [1.29, 1.82) is 0 Å². The second-order valence-corrected chi connectivity index (χ2v) is 4.44. The largest absolute Gasteiger partial charge is 0.508 e. The third-order valence-electron chi connectivity index (χ3n) is 2.66. The number of halogens is 1. The van der Waals surface area contributed by atoms with Crippen molar-refractivity contribution >= 4 is 17.5 Å². The van der Waals surface area contributed by atoms with Gasteiger partial charge in [0.25, 0.3) is 5.91 Å². The maximum absolute atomic E-state index is 12.0. The summed E-state index contributed by atoms with van der Waals surface area (Å²) in [5.41, 5.74) is 0.321. The van der Waals surface area contributed by atoms with Gasteiger partial charge in [0.05, 0.1) is 10.6 Å². The number of amides is 1. The van der Waals surface area contributed by atoms with Crippen molar-refractivity contribution in [2.24, 2.45) is 0 Å². The predicted octanol–water partition coefficient (Wildman–Crippen LogP) is 3.35. The van der Waals surface area contributed by atoms with Crippen LogP contribution in [0.5, 0.6) is 5.75 Å². The molecule has 0 radical (unpaired) electrons. The first-order chi connectivity index (χ1) is 8.08. The number of rotatable bonds is 5. The molecule has 1 aromatic rings. The van der Waals surface area contributed by atoms with Crippen LogP contribution < -0.4 is 5.32 Å². The fraction of sp³-hybridized carbons (Fsp3) is 0.462. The molecule has 2 N–H and O–H groups in total. The first-order valence-electron chi connectivity index (χ1n) is 5.87. The number of carbonyl (C=O) groups is 1. The van der Waals surface area contributed by atoms with E-state index in [1.54, 1.807) is 0 Å². The van der Waals surface area contributed by atoms with Crippen LogP contribution in [0.15, 0.2) is 18.2 Å². The Balaban J connectivity index is 2.78. The topological polar surface area (TPSA) is 49.3 Å². The molecule has 0 aliphatic heterocycles. The van der Waals surface area contributed by atoms with Gasteiger partial charge in [0, 0.05) is 6.04 Å². The standard InChI is InChI=1S/C13H18ClNO2/c1-3-5-9(4-2)15-13(17)11-8-10(16)6-7-12(11)14/h6-9,16H,3-5H2,1-2H3,(H,15,17). The van der Waals surface area contributed by atoms with E-state index in [2.05, 4.69) is 12.2 Å². The molecule has 3 nitrogen and oxygen atoms in total. The minimum atomic E-state index is -0.230. The number of phenolic OH excluding ortho intramolecular Hbond substituents is 1. The molecule has 4 heteroatoms. The van der Waals surface area contributed by atoms with E-state index in [-0.39, 0.29) is 17.7 Å². The molecule has 0 saturated carbocycles. The molecule has 0 fully saturated rings. The molecular formula is C13H18ClNO2. The summed E-state index contributed by atoms with van der Waals surface area (Å²) >= 11 is 5.92. The summed E-state index contributed by atoms with van der Waals surface area (Å²) in [6, 6.07) is 4.52. The van der Waals surface area contributed by atoms with Crippen molar-refractivity contribution in [1.82, 2.24) is 5.32 Å². The van der Waals surface area contributed by atoms with E-state index in [9.17, 15) is 9.90 Å². The molecule has 0 saturated heterocycles. The van der Waals surface area contributed by atoms with E-state index in [0.29, 0.717) is 10.6 Å². The highest BCUT2D eigenvalue weighted by atomic mass is 35.5. The number of carbonyl (C=O) groups excluding carboxylic acids is 1. The maximum Gasteiger partial charge on any atom is 0.253 e.